The van der Waals surface area contributed by atoms with Gasteiger partial charge >= 0.3 is 12.1 Å². The number of hydrogen-bond acceptors (Lipinski definition) is 4. The summed E-state index contributed by atoms with van der Waals surface area (Å²) < 4.78 is 7.23. The van der Waals surface area contributed by atoms with Crippen molar-refractivity contribution in [1.29, 1.82) is 0 Å². The highest BCUT2D eigenvalue weighted by Gasteiger charge is 2.59. The molecule has 0 bridgehead atoms. The largest absolute Gasteiger partial charge is 0.476 e. The molecule has 1 saturated heterocycles. The Bertz CT molecular complexity index is 662. The zero-order chi connectivity index (χ0) is 17.8. The lowest BCUT2D eigenvalue weighted by molar-refractivity contribution is 0.0270. The Morgan fingerprint density at radius 3 is 2.33 bits per heavy atom. The minimum absolute atomic E-state index is 0.0904. The molecule has 0 spiro atoms. The van der Waals surface area contributed by atoms with Crippen LogP contribution in [0.3, 0.4) is 0 Å². The lowest BCUT2D eigenvalue weighted by Crippen LogP contribution is -2.37. The van der Waals surface area contributed by atoms with Crippen molar-refractivity contribution in [3.63, 3.8) is 0 Å². The lowest BCUT2D eigenvalue weighted by atomic mass is 10.1. The van der Waals surface area contributed by atoms with Crippen LogP contribution in [0.15, 0.2) is 6.07 Å². The molecular weight excluding hydrogens is 310 g/mol. The van der Waals surface area contributed by atoms with E-state index in [2.05, 4.69) is 5.10 Å². The summed E-state index contributed by atoms with van der Waals surface area (Å²) in [7, 11) is 0. The van der Waals surface area contributed by atoms with Crippen LogP contribution in [0.5, 0.6) is 0 Å². The second-order valence-corrected chi connectivity index (χ2v) is 8.04. The summed E-state index contributed by atoms with van der Waals surface area (Å²) >= 11 is 0. The molecule has 1 saturated carbocycles. The summed E-state index contributed by atoms with van der Waals surface area (Å²) in [6.45, 7) is 10.9. The molecule has 3 atom stereocenters. The Hall–Kier alpha value is -2.05. The number of carboxylic acid groups (broad SMARTS) is 1. The van der Waals surface area contributed by atoms with Crippen LogP contribution < -0.4 is 0 Å². The SMILES string of the molecule is CC(C)n1nc(C(=O)O)cc1C1[C@H]2CN(C(=O)OC(C)(C)C)C[C@@H]12. The monoisotopic (exact) mass is 335 g/mol. The first kappa shape index (κ1) is 16.8. The number of fused-ring (bicyclic) bond motifs is 1. The van der Waals surface area contributed by atoms with Gasteiger partial charge in [-0.3, -0.25) is 4.68 Å². The second-order valence-electron chi connectivity index (χ2n) is 8.04. The number of nitrogens with zero attached hydrogens (tertiary/aromatic N) is 3. The van der Waals surface area contributed by atoms with E-state index in [9.17, 15) is 14.7 Å². The smallest absolute Gasteiger partial charge is 0.410 e. The molecule has 132 valence electrons. The predicted molar refractivity (Wildman–Crippen MR) is 87.1 cm³/mol. The van der Waals surface area contributed by atoms with Crippen molar-refractivity contribution in [1.82, 2.24) is 14.7 Å². The molecular formula is C17H25N3O4. The molecule has 1 amide bonds. The fourth-order valence-electron chi connectivity index (χ4n) is 3.62. The van der Waals surface area contributed by atoms with Crippen molar-refractivity contribution < 1.29 is 19.4 Å². The lowest BCUT2D eigenvalue weighted by Gasteiger charge is -2.26. The van der Waals surface area contributed by atoms with Gasteiger partial charge in [0, 0.05) is 30.7 Å². The van der Waals surface area contributed by atoms with Crippen LogP contribution >= 0.6 is 0 Å². The van der Waals surface area contributed by atoms with Crippen molar-refractivity contribution in [2.45, 2.75) is 52.2 Å². The van der Waals surface area contributed by atoms with E-state index in [1.165, 1.54) is 0 Å². The molecule has 1 aromatic heterocycles. The summed E-state index contributed by atoms with van der Waals surface area (Å²) in [6.07, 6.45) is -0.267. The predicted octanol–water partition coefficient (Wildman–Crippen LogP) is 2.74. The molecule has 3 rings (SSSR count). The van der Waals surface area contributed by atoms with E-state index >= 15 is 0 Å². The van der Waals surface area contributed by atoms with E-state index < -0.39 is 11.6 Å². The van der Waals surface area contributed by atoms with Crippen molar-refractivity contribution >= 4 is 12.1 Å². The third-order valence-electron chi connectivity index (χ3n) is 4.66. The van der Waals surface area contributed by atoms with E-state index in [0.29, 0.717) is 24.9 Å². The maximum absolute atomic E-state index is 12.1. The summed E-state index contributed by atoms with van der Waals surface area (Å²) in [5.74, 6) is 0.0188. The number of carbonyl (C=O) groups is 2. The van der Waals surface area contributed by atoms with Crippen LogP contribution in [0, 0.1) is 11.8 Å². The van der Waals surface area contributed by atoms with E-state index in [1.54, 1.807) is 11.0 Å². The van der Waals surface area contributed by atoms with Gasteiger partial charge in [-0.05, 0) is 52.5 Å². The summed E-state index contributed by atoms with van der Waals surface area (Å²) in [5.41, 5.74) is 0.574. The number of aromatic carboxylic acids is 1. The Labute approximate surface area is 141 Å². The number of amides is 1. The zero-order valence-electron chi connectivity index (χ0n) is 14.8. The highest BCUT2D eigenvalue weighted by Crippen LogP contribution is 2.58. The van der Waals surface area contributed by atoms with E-state index in [-0.39, 0.29) is 23.7 Å². The van der Waals surface area contributed by atoms with Crippen LogP contribution in [0.2, 0.25) is 0 Å². The third-order valence-corrected chi connectivity index (χ3v) is 4.66. The highest BCUT2D eigenvalue weighted by atomic mass is 16.6. The van der Waals surface area contributed by atoms with Gasteiger partial charge in [-0.2, -0.15) is 5.10 Å². The second kappa shape index (κ2) is 5.50. The minimum atomic E-state index is -1.00. The minimum Gasteiger partial charge on any atom is -0.476 e. The Morgan fingerprint density at radius 2 is 1.88 bits per heavy atom. The molecule has 1 aliphatic carbocycles. The summed E-state index contributed by atoms with van der Waals surface area (Å²) in [6, 6.07) is 1.79. The molecule has 2 heterocycles. The standard InChI is InChI=1S/C17H25N3O4/c1-9(2)20-13(6-12(18-20)15(21)22)14-10-7-19(8-11(10)14)16(23)24-17(3,4)5/h6,9-11,14H,7-8H2,1-5H3,(H,21,22)/t10-,11+,14?. The van der Waals surface area contributed by atoms with Gasteiger partial charge in [0.05, 0.1) is 0 Å². The fourth-order valence-corrected chi connectivity index (χ4v) is 3.62. The summed E-state index contributed by atoms with van der Waals surface area (Å²) in [4.78, 5) is 25.1. The first-order chi connectivity index (χ1) is 11.1. The zero-order valence-corrected chi connectivity index (χ0v) is 14.8. The van der Waals surface area contributed by atoms with Gasteiger partial charge in [-0.1, -0.05) is 0 Å². The van der Waals surface area contributed by atoms with Crippen LogP contribution in [-0.4, -0.2) is 50.5 Å². The molecule has 1 aromatic rings. The van der Waals surface area contributed by atoms with Gasteiger partial charge in [0.1, 0.15) is 5.60 Å². The molecule has 7 heteroatoms. The summed E-state index contributed by atoms with van der Waals surface area (Å²) in [5, 5.41) is 13.4. The topological polar surface area (TPSA) is 84.7 Å². The van der Waals surface area contributed by atoms with Gasteiger partial charge in [0.15, 0.2) is 5.69 Å². The molecule has 0 aromatic carbocycles. The number of carbonyl (C=O) groups excluding carboxylic acids is 1. The number of carboxylic acids is 1. The Kier molecular flexibility index (Phi) is 3.85. The number of ether oxygens (including phenoxy) is 1. The number of hydrogen-bond donors (Lipinski definition) is 1. The average Bonchev–Trinajstić information content (AvgIpc) is 2.86. The fraction of sp³-hybridized carbons (Fsp3) is 0.706. The quantitative estimate of drug-likeness (QED) is 0.918. The van der Waals surface area contributed by atoms with Crippen LogP contribution in [0.4, 0.5) is 4.79 Å². The molecule has 24 heavy (non-hydrogen) atoms. The maximum Gasteiger partial charge on any atom is 0.410 e. The van der Waals surface area contributed by atoms with Crippen LogP contribution in [0.25, 0.3) is 0 Å². The normalized spacial score (nSPS) is 25.8. The van der Waals surface area contributed by atoms with Gasteiger partial charge in [0.2, 0.25) is 0 Å². The van der Waals surface area contributed by atoms with Crippen molar-refractivity contribution in [3.05, 3.63) is 17.5 Å². The van der Waals surface area contributed by atoms with Gasteiger partial charge in [0.25, 0.3) is 0 Å². The van der Waals surface area contributed by atoms with Crippen molar-refractivity contribution in [3.8, 4) is 0 Å². The molecule has 1 aliphatic heterocycles. The van der Waals surface area contributed by atoms with Gasteiger partial charge < -0.3 is 14.7 Å². The average molecular weight is 335 g/mol. The molecule has 1 N–H and O–H groups in total. The molecule has 7 nitrogen and oxygen atoms in total. The molecule has 2 fully saturated rings. The van der Waals surface area contributed by atoms with Crippen molar-refractivity contribution in [2.75, 3.05) is 13.1 Å². The van der Waals surface area contributed by atoms with Crippen LogP contribution in [0.1, 0.15) is 62.8 Å². The van der Waals surface area contributed by atoms with Crippen molar-refractivity contribution in [2.24, 2.45) is 11.8 Å². The number of piperidine rings is 1. The first-order valence-electron chi connectivity index (χ1n) is 8.39. The number of rotatable bonds is 3. The first-order valence-corrected chi connectivity index (χ1v) is 8.39. The maximum atomic E-state index is 12.1. The number of aromatic nitrogens is 2. The van der Waals surface area contributed by atoms with E-state index in [1.807, 2.05) is 39.3 Å². The van der Waals surface area contributed by atoms with Crippen LogP contribution in [-0.2, 0) is 4.74 Å². The highest BCUT2D eigenvalue weighted by molar-refractivity contribution is 5.85. The number of likely N-dealkylation sites (tertiary alicyclic amines) is 1. The Morgan fingerprint density at radius 1 is 1.29 bits per heavy atom. The third kappa shape index (κ3) is 2.99. The molecule has 0 radical (unpaired) electrons. The Balaban J connectivity index is 1.70. The van der Waals surface area contributed by atoms with E-state index in [4.69, 9.17) is 4.74 Å². The molecule has 1 unspecified atom stereocenters. The van der Waals surface area contributed by atoms with Gasteiger partial charge in [-0.15, -0.1) is 0 Å². The van der Waals surface area contributed by atoms with E-state index in [0.717, 1.165) is 5.69 Å². The molecule has 2 aliphatic rings. The van der Waals surface area contributed by atoms with Gasteiger partial charge in [-0.25, -0.2) is 9.59 Å².